The topological polar surface area (TPSA) is 105 Å². The van der Waals surface area contributed by atoms with Crippen LogP contribution < -0.4 is 5.32 Å². The number of benzene rings is 2. The van der Waals surface area contributed by atoms with Crippen molar-refractivity contribution in [3.63, 3.8) is 0 Å². The number of aryl methyl sites for hydroxylation is 1. The minimum absolute atomic E-state index is 0.0229. The number of nitriles is 1. The summed E-state index contributed by atoms with van der Waals surface area (Å²) in [7, 11) is 0. The van der Waals surface area contributed by atoms with E-state index in [1.807, 2.05) is 6.07 Å². The quantitative estimate of drug-likeness (QED) is 0.597. The van der Waals surface area contributed by atoms with E-state index in [4.69, 9.17) is 14.4 Å². The molecule has 0 spiro atoms. The lowest BCUT2D eigenvalue weighted by molar-refractivity contribution is -0.153. The van der Waals surface area contributed by atoms with Crippen LogP contribution in [0.4, 0.5) is 10.1 Å². The Morgan fingerprint density at radius 1 is 1.27 bits per heavy atom. The van der Waals surface area contributed by atoms with Crippen LogP contribution in [0.25, 0.3) is 11.3 Å². The summed E-state index contributed by atoms with van der Waals surface area (Å²) in [6.07, 6.45) is 0.658. The van der Waals surface area contributed by atoms with Gasteiger partial charge in [-0.3, -0.25) is 9.59 Å². The van der Waals surface area contributed by atoms with Gasteiger partial charge in [-0.2, -0.15) is 5.26 Å². The first kappa shape index (κ1) is 20.7. The molecule has 30 heavy (non-hydrogen) atoms. The fourth-order valence-corrected chi connectivity index (χ4v) is 2.60. The number of oxazole rings is 1. The van der Waals surface area contributed by atoms with Gasteiger partial charge in [-0.25, -0.2) is 9.37 Å². The molecule has 0 saturated carbocycles. The Bertz CT molecular complexity index is 1090. The van der Waals surface area contributed by atoms with Crippen molar-refractivity contribution in [2.24, 2.45) is 0 Å². The molecule has 1 amide bonds. The van der Waals surface area contributed by atoms with Crippen molar-refractivity contribution in [3.05, 3.63) is 72.0 Å². The van der Waals surface area contributed by atoms with Crippen molar-refractivity contribution >= 4 is 17.6 Å². The standard InChI is InChI=1S/C22H18FN3O4/c1-14(22(28)26-18-4-2-3-15(11-18)12-24)29-21(27)10-9-20-25-13-19(30-20)16-5-7-17(23)8-6-16/h2-8,11,13-14H,9-10H2,1H3,(H,26,28). The first-order chi connectivity index (χ1) is 14.4. The van der Waals surface area contributed by atoms with Gasteiger partial charge >= 0.3 is 5.97 Å². The molecule has 0 saturated heterocycles. The van der Waals surface area contributed by atoms with E-state index in [2.05, 4.69) is 10.3 Å². The van der Waals surface area contributed by atoms with E-state index >= 15 is 0 Å². The van der Waals surface area contributed by atoms with Gasteiger partial charge in [0.15, 0.2) is 17.8 Å². The molecule has 0 bridgehead atoms. The normalized spacial score (nSPS) is 11.4. The molecule has 0 aliphatic rings. The number of amides is 1. The number of rotatable bonds is 7. The molecule has 1 heterocycles. The zero-order valence-corrected chi connectivity index (χ0v) is 16.1. The van der Waals surface area contributed by atoms with Crippen molar-refractivity contribution < 1.29 is 23.1 Å². The highest BCUT2D eigenvalue weighted by molar-refractivity contribution is 5.95. The van der Waals surface area contributed by atoms with Crippen LogP contribution in [0.15, 0.2) is 59.1 Å². The third-order valence-corrected chi connectivity index (χ3v) is 4.16. The molecular formula is C22H18FN3O4. The summed E-state index contributed by atoms with van der Waals surface area (Å²) in [4.78, 5) is 28.3. The molecule has 3 aromatic rings. The number of nitrogens with zero attached hydrogens (tertiary/aromatic N) is 2. The predicted octanol–water partition coefficient (Wildman–Crippen LogP) is 3.86. The molecule has 0 radical (unpaired) electrons. The van der Waals surface area contributed by atoms with Crippen molar-refractivity contribution in [2.75, 3.05) is 5.32 Å². The zero-order chi connectivity index (χ0) is 21.5. The largest absolute Gasteiger partial charge is 0.453 e. The van der Waals surface area contributed by atoms with Gasteiger partial charge in [-0.15, -0.1) is 0 Å². The number of aromatic nitrogens is 1. The van der Waals surface area contributed by atoms with Gasteiger partial charge in [-0.05, 0) is 49.4 Å². The molecule has 1 aromatic heterocycles. The molecule has 152 valence electrons. The van der Waals surface area contributed by atoms with Crippen molar-refractivity contribution in [1.82, 2.24) is 4.98 Å². The van der Waals surface area contributed by atoms with Gasteiger partial charge in [-0.1, -0.05) is 6.07 Å². The first-order valence-corrected chi connectivity index (χ1v) is 9.16. The molecule has 0 aliphatic carbocycles. The highest BCUT2D eigenvalue weighted by Crippen LogP contribution is 2.21. The van der Waals surface area contributed by atoms with Crippen molar-refractivity contribution in [1.29, 1.82) is 5.26 Å². The van der Waals surface area contributed by atoms with E-state index in [9.17, 15) is 14.0 Å². The predicted molar refractivity (Wildman–Crippen MR) is 106 cm³/mol. The van der Waals surface area contributed by atoms with Crippen LogP contribution in [0.3, 0.4) is 0 Å². The second-order valence-electron chi connectivity index (χ2n) is 6.44. The van der Waals surface area contributed by atoms with Crippen LogP contribution in [-0.4, -0.2) is 23.0 Å². The lowest BCUT2D eigenvalue weighted by atomic mass is 10.2. The highest BCUT2D eigenvalue weighted by Gasteiger charge is 2.19. The molecule has 1 atom stereocenters. The summed E-state index contributed by atoms with van der Waals surface area (Å²) in [5.41, 5.74) is 1.52. The zero-order valence-electron chi connectivity index (χ0n) is 16.1. The molecule has 0 aliphatic heterocycles. The van der Waals surface area contributed by atoms with Gasteiger partial charge in [0.25, 0.3) is 5.91 Å². The smallest absolute Gasteiger partial charge is 0.307 e. The number of esters is 1. The number of nitrogens with one attached hydrogen (secondary N) is 1. The maximum atomic E-state index is 13.0. The molecular weight excluding hydrogens is 389 g/mol. The highest BCUT2D eigenvalue weighted by atomic mass is 19.1. The number of carbonyl (C=O) groups excluding carboxylic acids is 2. The van der Waals surface area contributed by atoms with Gasteiger partial charge in [0.2, 0.25) is 0 Å². The Kier molecular flexibility index (Phi) is 6.55. The number of ether oxygens (including phenoxy) is 1. The minimum Gasteiger partial charge on any atom is -0.453 e. The molecule has 2 aromatic carbocycles. The Morgan fingerprint density at radius 2 is 2.03 bits per heavy atom. The van der Waals surface area contributed by atoms with Gasteiger partial charge < -0.3 is 14.5 Å². The van der Waals surface area contributed by atoms with E-state index in [0.717, 1.165) is 0 Å². The maximum absolute atomic E-state index is 13.0. The molecule has 3 rings (SSSR count). The summed E-state index contributed by atoms with van der Waals surface area (Å²) >= 11 is 0. The summed E-state index contributed by atoms with van der Waals surface area (Å²) < 4.78 is 23.7. The fourth-order valence-electron chi connectivity index (χ4n) is 2.60. The van der Waals surface area contributed by atoms with E-state index in [-0.39, 0.29) is 18.7 Å². The lowest BCUT2D eigenvalue weighted by Gasteiger charge is -2.13. The Morgan fingerprint density at radius 3 is 2.77 bits per heavy atom. The van der Waals surface area contributed by atoms with E-state index in [1.54, 1.807) is 30.3 Å². The monoisotopic (exact) mass is 407 g/mol. The number of hydrogen-bond donors (Lipinski definition) is 1. The number of carbonyl (C=O) groups is 2. The number of hydrogen-bond acceptors (Lipinski definition) is 6. The first-order valence-electron chi connectivity index (χ1n) is 9.16. The van der Waals surface area contributed by atoms with Crippen LogP contribution in [0.1, 0.15) is 24.8 Å². The lowest BCUT2D eigenvalue weighted by Crippen LogP contribution is -2.30. The summed E-state index contributed by atoms with van der Waals surface area (Å²) in [6.45, 7) is 1.46. The molecule has 8 heteroatoms. The van der Waals surface area contributed by atoms with E-state index < -0.39 is 18.0 Å². The average molecular weight is 407 g/mol. The summed E-state index contributed by atoms with van der Waals surface area (Å²) in [5.74, 6) is -0.641. The molecule has 0 fully saturated rings. The molecule has 7 nitrogen and oxygen atoms in total. The summed E-state index contributed by atoms with van der Waals surface area (Å²) in [6, 6.07) is 14.2. The van der Waals surface area contributed by atoms with Crippen molar-refractivity contribution in [2.45, 2.75) is 25.9 Å². The molecule has 1 N–H and O–H groups in total. The minimum atomic E-state index is -1.01. The Labute approximate surface area is 172 Å². The van der Waals surface area contributed by atoms with E-state index in [0.29, 0.717) is 28.5 Å². The van der Waals surface area contributed by atoms with Crippen LogP contribution >= 0.6 is 0 Å². The van der Waals surface area contributed by atoms with Crippen LogP contribution in [-0.2, 0) is 20.7 Å². The third-order valence-electron chi connectivity index (χ3n) is 4.16. The average Bonchev–Trinajstić information content (AvgIpc) is 3.22. The van der Waals surface area contributed by atoms with Crippen LogP contribution in [0.5, 0.6) is 0 Å². The van der Waals surface area contributed by atoms with Gasteiger partial charge in [0.1, 0.15) is 5.82 Å². The third kappa shape index (κ3) is 5.52. The second-order valence-corrected chi connectivity index (χ2v) is 6.44. The maximum Gasteiger partial charge on any atom is 0.307 e. The van der Waals surface area contributed by atoms with Crippen LogP contribution in [0.2, 0.25) is 0 Å². The Hall–Kier alpha value is -3.99. The number of anilines is 1. The van der Waals surface area contributed by atoms with Gasteiger partial charge in [0, 0.05) is 17.7 Å². The second kappa shape index (κ2) is 9.47. The number of halogens is 1. The van der Waals surface area contributed by atoms with E-state index in [1.165, 1.54) is 31.3 Å². The Balaban J connectivity index is 1.48. The van der Waals surface area contributed by atoms with Crippen LogP contribution in [0, 0.1) is 17.1 Å². The summed E-state index contributed by atoms with van der Waals surface area (Å²) in [5, 5.41) is 11.5. The molecule has 1 unspecified atom stereocenters. The van der Waals surface area contributed by atoms with Crippen molar-refractivity contribution in [3.8, 4) is 17.4 Å². The van der Waals surface area contributed by atoms with Gasteiger partial charge in [0.05, 0.1) is 24.3 Å². The fraction of sp³-hybridized carbons (Fsp3) is 0.182. The SMILES string of the molecule is CC(OC(=O)CCc1ncc(-c2ccc(F)cc2)o1)C(=O)Nc1cccc(C#N)c1.